The molecule has 0 saturated carbocycles. The summed E-state index contributed by atoms with van der Waals surface area (Å²) in [4.78, 5) is 0. The summed E-state index contributed by atoms with van der Waals surface area (Å²) in [5.74, 6) is 11.8. The molecule has 2 N–H and O–H groups in total. The van der Waals surface area contributed by atoms with Gasteiger partial charge in [0.05, 0.1) is 62.5 Å². The van der Waals surface area contributed by atoms with Gasteiger partial charge in [0.25, 0.3) is 0 Å². The van der Waals surface area contributed by atoms with Crippen molar-refractivity contribution in [3.63, 3.8) is 0 Å². The first kappa shape index (κ1) is 62.4. The van der Waals surface area contributed by atoms with E-state index in [9.17, 15) is 10.2 Å². The van der Waals surface area contributed by atoms with Crippen LogP contribution in [0.3, 0.4) is 0 Å². The third-order valence-corrected chi connectivity index (χ3v) is 25.4. The van der Waals surface area contributed by atoms with Gasteiger partial charge in [-0.05, 0) is 148 Å². The van der Waals surface area contributed by atoms with Crippen LogP contribution in [0.15, 0.2) is 24.3 Å². The molecule has 0 aromatic heterocycles. The molecule has 2 aliphatic rings. The quantitative estimate of drug-likeness (QED) is 0.0876. The van der Waals surface area contributed by atoms with E-state index >= 15 is 0 Å². The fraction of sp³-hybridized carbons (Fsp3) is 0.828. The Morgan fingerprint density at radius 3 is 1.47 bits per heavy atom. The molecular weight excluding hydrogens is 881 g/mol. The molecule has 392 valence electrons. The van der Waals surface area contributed by atoms with Crippen LogP contribution in [-0.4, -0.2) is 88.9 Å². The zero-order valence-corrected chi connectivity index (χ0v) is 49.3. The first-order valence-electron chi connectivity index (χ1n) is 26.6. The van der Waals surface area contributed by atoms with E-state index in [1.165, 1.54) is 0 Å². The van der Waals surface area contributed by atoms with Gasteiger partial charge in [0.1, 0.15) is 11.9 Å². The number of methoxy groups -OCH3 is 1. The summed E-state index contributed by atoms with van der Waals surface area (Å²) in [5.41, 5.74) is 1.07. The summed E-state index contributed by atoms with van der Waals surface area (Å²) in [6, 6.07) is 7.89. The second kappa shape index (κ2) is 27.9. The minimum absolute atomic E-state index is 0.0113. The van der Waals surface area contributed by atoms with Crippen molar-refractivity contribution < 1.29 is 38.0 Å². The number of hydrogen-bond donors (Lipinski definition) is 2. The van der Waals surface area contributed by atoms with Crippen LogP contribution in [0.4, 0.5) is 0 Å². The highest BCUT2D eigenvalue weighted by molar-refractivity contribution is 6.74. The Kier molecular flexibility index (Phi) is 25.6. The third kappa shape index (κ3) is 19.0. The first-order chi connectivity index (χ1) is 31.4. The van der Waals surface area contributed by atoms with Crippen LogP contribution in [-0.2, 0) is 29.7 Å². The molecule has 16 atom stereocenters. The molecule has 1 aromatic carbocycles. The fourth-order valence-electron chi connectivity index (χ4n) is 9.56. The smallest absolute Gasteiger partial charge is 0.192 e. The molecule has 68 heavy (non-hydrogen) atoms. The summed E-state index contributed by atoms with van der Waals surface area (Å²) in [5, 5.41) is 22.2. The number of benzene rings is 1. The van der Waals surface area contributed by atoms with Gasteiger partial charge in [-0.1, -0.05) is 122 Å². The molecule has 0 radical (unpaired) electrons. The highest BCUT2D eigenvalue weighted by Gasteiger charge is 2.47. The first-order valence-corrected chi connectivity index (χ1v) is 32.4. The van der Waals surface area contributed by atoms with Crippen molar-refractivity contribution in [3.05, 3.63) is 29.8 Å². The summed E-state index contributed by atoms with van der Waals surface area (Å²) in [7, 11) is -2.18. The average molecular weight is 986 g/mol. The zero-order chi connectivity index (χ0) is 51.9. The molecule has 10 heteroatoms. The molecule has 2 fully saturated rings. The molecule has 2 aliphatic heterocycles. The molecule has 2 heterocycles. The number of aliphatic hydroxyl groups excluding tert-OH is 2. The summed E-state index contributed by atoms with van der Waals surface area (Å²) in [6.45, 7) is 45.0. The van der Waals surface area contributed by atoms with Gasteiger partial charge in [-0.15, -0.1) is 18.3 Å². The highest BCUT2D eigenvalue weighted by atomic mass is 28.4. The Balaban J connectivity index is 0.000000488. The number of terminal acetylenes is 1. The van der Waals surface area contributed by atoms with Crippen molar-refractivity contribution in [1.29, 1.82) is 0 Å². The Hall–Kier alpha value is -1.71. The Bertz CT molecular complexity index is 1680. The molecule has 8 nitrogen and oxygen atoms in total. The van der Waals surface area contributed by atoms with Crippen LogP contribution in [0.1, 0.15) is 168 Å². The van der Waals surface area contributed by atoms with E-state index in [-0.39, 0.29) is 82.6 Å². The lowest BCUT2D eigenvalue weighted by atomic mass is 9.82. The average Bonchev–Trinajstić information content (AvgIpc) is 3.24. The molecule has 2 saturated heterocycles. The van der Waals surface area contributed by atoms with Gasteiger partial charge in [0.2, 0.25) is 0 Å². The van der Waals surface area contributed by atoms with E-state index in [2.05, 4.69) is 148 Å². The SMILES string of the molecule is C#C[C@@H](C)[C@@H](C)CC(O)C[C@H](C)[C@@H]1O[C@H](CC)[C@H](C)C[C@@H]1O[Si](C)(C)C(C)(C)C.CC#C[C@@H](OCc1ccc(OC)cc1)[C@@H](C)CC(O)C[C@H](C)[C@@H]1O[C@H](CC)[C@H](C)C[C@@H]1O[Si](C)(C)C(C)(C)C. The third-order valence-electron chi connectivity index (χ3n) is 16.4. The van der Waals surface area contributed by atoms with Crippen molar-refractivity contribution in [2.75, 3.05) is 7.11 Å². The topological polar surface area (TPSA) is 95.8 Å². The Morgan fingerprint density at radius 2 is 1.12 bits per heavy atom. The minimum atomic E-state index is -1.96. The highest BCUT2D eigenvalue weighted by Crippen LogP contribution is 2.44. The second-order valence-corrected chi connectivity index (χ2v) is 34.0. The summed E-state index contributed by atoms with van der Waals surface area (Å²) >= 11 is 0. The molecule has 1 aromatic rings. The van der Waals surface area contributed by atoms with Crippen LogP contribution in [0.2, 0.25) is 36.3 Å². The van der Waals surface area contributed by atoms with Crippen LogP contribution < -0.4 is 4.74 Å². The summed E-state index contributed by atoms with van der Waals surface area (Å²) < 4.78 is 38.6. The van der Waals surface area contributed by atoms with E-state index in [1.54, 1.807) is 7.11 Å². The largest absolute Gasteiger partial charge is 0.497 e. The van der Waals surface area contributed by atoms with Crippen molar-refractivity contribution >= 4 is 16.6 Å². The maximum absolute atomic E-state index is 11.2. The Labute approximate surface area is 421 Å². The van der Waals surface area contributed by atoms with E-state index in [0.29, 0.717) is 37.2 Å². The van der Waals surface area contributed by atoms with Gasteiger partial charge in [0, 0.05) is 5.92 Å². The summed E-state index contributed by atoms with van der Waals surface area (Å²) in [6.07, 6.45) is 12.1. The lowest BCUT2D eigenvalue weighted by Crippen LogP contribution is -2.54. The van der Waals surface area contributed by atoms with Crippen LogP contribution in [0.5, 0.6) is 5.75 Å². The van der Waals surface area contributed by atoms with Gasteiger partial charge in [0.15, 0.2) is 16.6 Å². The monoisotopic (exact) mass is 985 g/mol. The van der Waals surface area contributed by atoms with Gasteiger partial charge in [-0.2, -0.15) is 0 Å². The zero-order valence-electron chi connectivity index (χ0n) is 47.3. The normalized spacial score (nSPS) is 27.4. The molecular formula is C58H104O8Si2. The molecule has 2 unspecified atom stereocenters. The van der Waals surface area contributed by atoms with Crippen molar-refractivity contribution in [2.24, 2.45) is 41.4 Å². The lowest BCUT2D eigenvalue weighted by Gasteiger charge is -2.48. The van der Waals surface area contributed by atoms with Gasteiger partial charge < -0.3 is 38.0 Å². The number of hydrogen-bond acceptors (Lipinski definition) is 8. The van der Waals surface area contributed by atoms with Crippen molar-refractivity contribution in [3.8, 4) is 29.9 Å². The van der Waals surface area contributed by atoms with Crippen molar-refractivity contribution in [1.82, 2.24) is 0 Å². The Morgan fingerprint density at radius 1 is 0.706 bits per heavy atom. The van der Waals surface area contributed by atoms with Crippen LogP contribution >= 0.6 is 0 Å². The van der Waals surface area contributed by atoms with Gasteiger partial charge >= 0.3 is 0 Å². The van der Waals surface area contributed by atoms with E-state index in [0.717, 1.165) is 49.8 Å². The minimum Gasteiger partial charge on any atom is -0.497 e. The van der Waals surface area contributed by atoms with Gasteiger partial charge in [-0.3, -0.25) is 0 Å². The number of rotatable bonds is 22. The van der Waals surface area contributed by atoms with E-state index < -0.39 is 22.7 Å². The van der Waals surface area contributed by atoms with Gasteiger partial charge in [-0.25, -0.2) is 0 Å². The van der Waals surface area contributed by atoms with E-state index in [4.69, 9.17) is 34.2 Å². The maximum atomic E-state index is 11.2. The number of ether oxygens (including phenoxy) is 4. The standard InChI is InChI=1S/C33H56O5Si.C25H48O3Si/c1-12-14-30(36-22-26-15-17-28(35-9)18-16-26)23(3)19-27(34)20-25(5)32-31(21-24(4)29(13-2)37-32)38-39(10,11)33(6,7)8;1-12-17(3)18(4)14-21(26)15-20(6)24-23(16-19(5)22(13-2)27-24)28-29(10,11)25(7,8)9/h15-18,23-25,27,29-32,34H,13,19-22H2,1-11H3;1,17-24,26H,13-16H2,2-11H3/t23-,24+,25-,27?,29+,30+,31-,32-;17-,18+,19-,20+,21?,22-,23+,24+/m01/s1. The van der Waals surface area contributed by atoms with Crippen LogP contribution in [0.25, 0.3) is 0 Å². The lowest BCUT2D eigenvalue weighted by molar-refractivity contribution is -0.159. The molecule has 0 bridgehead atoms. The van der Waals surface area contributed by atoms with Crippen LogP contribution in [0, 0.1) is 65.6 Å². The number of aliphatic hydroxyl groups is 2. The molecule has 3 rings (SSSR count). The molecule has 0 spiro atoms. The van der Waals surface area contributed by atoms with E-state index in [1.807, 2.05) is 31.2 Å². The predicted octanol–water partition coefficient (Wildman–Crippen LogP) is 13.9. The fourth-order valence-corrected chi connectivity index (χ4v) is 12.2. The maximum Gasteiger partial charge on any atom is 0.192 e. The predicted molar refractivity (Wildman–Crippen MR) is 290 cm³/mol. The molecule has 0 amide bonds. The molecule has 0 aliphatic carbocycles. The van der Waals surface area contributed by atoms with Crippen molar-refractivity contribution in [2.45, 2.75) is 260 Å². The second-order valence-electron chi connectivity index (χ2n) is 24.4.